The third kappa shape index (κ3) is 2.27. The largest absolute Gasteiger partial charge is 0.378 e. The number of hydrogen-bond acceptors (Lipinski definition) is 5. The Morgan fingerprint density at radius 1 is 1.26 bits per heavy atom. The summed E-state index contributed by atoms with van der Waals surface area (Å²) in [5, 5.41) is 11.2. The van der Waals surface area contributed by atoms with Crippen molar-refractivity contribution in [2.75, 3.05) is 5.32 Å². The van der Waals surface area contributed by atoms with Crippen molar-refractivity contribution in [2.45, 2.75) is 13.5 Å². The molecule has 0 fully saturated rings. The number of rotatable bonds is 3. The van der Waals surface area contributed by atoms with Gasteiger partial charge in [0.15, 0.2) is 0 Å². The predicted octanol–water partition coefficient (Wildman–Crippen LogP) is 3.64. The van der Waals surface area contributed by atoms with Crippen LogP contribution in [0.2, 0.25) is 10.0 Å². The van der Waals surface area contributed by atoms with Gasteiger partial charge >= 0.3 is 0 Å². The molecule has 1 aromatic carbocycles. The zero-order valence-corrected chi connectivity index (χ0v) is 12.2. The monoisotopic (exact) mass is 313 g/mol. The highest BCUT2D eigenvalue weighted by molar-refractivity contribution is 7.00. The lowest BCUT2D eigenvalue weighted by atomic mass is 10.2. The Balaban J connectivity index is 1.97. The molecule has 8 heteroatoms. The number of anilines is 1. The van der Waals surface area contributed by atoms with Crippen LogP contribution in [-0.4, -0.2) is 18.9 Å². The number of H-pyrrole nitrogens is 1. The summed E-state index contributed by atoms with van der Waals surface area (Å²) >= 11 is 13.4. The Hall–Kier alpha value is -1.37. The maximum absolute atomic E-state index is 6.21. The van der Waals surface area contributed by atoms with E-state index < -0.39 is 0 Å². The molecule has 0 amide bonds. The summed E-state index contributed by atoms with van der Waals surface area (Å²) in [5.74, 6) is 0. The zero-order chi connectivity index (χ0) is 13.4. The van der Waals surface area contributed by atoms with Crippen molar-refractivity contribution in [3.63, 3.8) is 0 Å². The smallest absolute Gasteiger partial charge is 0.130 e. The lowest BCUT2D eigenvalue weighted by Crippen LogP contribution is -2.01. The van der Waals surface area contributed by atoms with Gasteiger partial charge in [0.25, 0.3) is 0 Å². The predicted molar refractivity (Wildman–Crippen MR) is 78.1 cm³/mol. The SMILES string of the molecule is Cc1[nH]ncc1CNc1c(Cl)cc(Cl)c2nsnc12. The molecular weight excluding hydrogens is 305 g/mol. The highest BCUT2D eigenvalue weighted by Crippen LogP contribution is 2.35. The molecule has 2 N–H and O–H groups in total. The summed E-state index contributed by atoms with van der Waals surface area (Å²) in [6, 6.07) is 1.68. The van der Waals surface area contributed by atoms with Crippen molar-refractivity contribution in [3.05, 3.63) is 33.6 Å². The van der Waals surface area contributed by atoms with Gasteiger partial charge in [0.05, 0.1) is 33.7 Å². The van der Waals surface area contributed by atoms with Crippen molar-refractivity contribution in [1.29, 1.82) is 0 Å². The molecule has 0 bridgehead atoms. The number of hydrogen-bond donors (Lipinski definition) is 2. The van der Waals surface area contributed by atoms with Gasteiger partial charge in [0, 0.05) is 17.8 Å². The number of aromatic amines is 1. The van der Waals surface area contributed by atoms with Gasteiger partial charge in [-0.15, -0.1) is 0 Å². The third-order valence-electron chi connectivity index (χ3n) is 2.83. The van der Waals surface area contributed by atoms with Crippen molar-refractivity contribution in [2.24, 2.45) is 0 Å². The van der Waals surface area contributed by atoms with Gasteiger partial charge in [0.1, 0.15) is 11.0 Å². The molecule has 0 radical (unpaired) electrons. The van der Waals surface area contributed by atoms with E-state index in [0.29, 0.717) is 27.6 Å². The molecule has 3 aromatic rings. The number of fused-ring (bicyclic) bond motifs is 1. The van der Waals surface area contributed by atoms with Crippen molar-refractivity contribution in [3.8, 4) is 0 Å². The summed E-state index contributed by atoms with van der Waals surface area (Å²) in [6.45, 7) is 2.57. The number of aryl methyl sites for hydroxylation is 1. The lowest BCUT2D eigenvalue weighted by Gasteiger charge is -2.09. The molecule has 98 valence electrons. The summed E-state index contributed by atoms with van der Waals surface area (Å²) in [7, 11) is 0. The number of nitrogens with zero attached hydrogens (tertiary/aromatic N) is 3. The first-order chi connectivity index (χ1) is 9.16. The van der Waals surface area contributed by atoms with Crippen LogP contribution in [0, 0.1) is 6.92 Å². The molecule has 0 aliphatic heterocycles. The average Bonchev–Trinajstić information content (AvgIpc) is 2.98. The highest BCUT2D eigenvalue weighted by Gasteiger charge is 2.14. The normalized spacial score (nSPS) is 11.1. The fraction of sp³-hybridized carbons (Fsp3) is 0.182. The Bertz CT molecular complexity index is 736. The molecule has 0 atom stereocenters. The fourth-order valence-electron chi connectivity index (χ4n) is 1.78. The van der Waals surface area contributed by atoms with Gasteiger partial charge in [-0.25, -0.2) is 0 Å². The van der Waals surface area contributed by atoms with Crippen LogP contribution in [0.4, 0.5) is 5.69 Å². The van der Waals surface area contributed by atoms with Crippen molar-refractivity contribution in [1.82, 2.24) is 18.9 Å². The van der Waals surface area contributed by atoms with E-state index in [-0.39, 0.29) is 0 Å². The molecule has 0 unspecified atom stereocenters. The molecule has 0 aliphatic rings. The molecule has 2 heterocycles. The van der Waals surface area contributed by atoms with Gasteiger partial charge in [0.2, 0.25) is 0 Å². The number of halogens is 2. The molecule has 0 saturated carbocycles. The summed E-state index contributed by atoms with van der Waals surface area (Å²) < 4.78 is 8.40. The molecule has 5 nitrogen and oxygen atoms in total. The van der Waals surface area contributed by atoms with Gasteiger partial charge in [-0.1, -0.05) is 23.2 Å². The van der Waals surface area contributed by atoms with E-state index >= 15 is 0 Å². The third-order valence-corrected chi connectivity index (χ3v) is 3.95. The second kappa shape index (κ2) is 4.96. The van der Waals surface area contributed by atoms with Crippen LogP contribution in [0.3, 0.4) is 0 Å². The minimum absolute atomic E-state index is 0.513. The minimum Gasteiger partial charge on any atom is -0.378 e. The molecule has 0 aliphatic carbocycles. The molecule has 2 aromatic heterocycles. The average molecular weight is 314 g/mol. The summed E-state index contributed by atoms with van der Waals surface area (Å²) in [4.78, 5) is 0. The highest BCUT2D eigenvalue weighted by atomic mass is 35.5. The van der Waals surface area contributed by atoms with E-state index in [9.17, 15) is 0 Å². The van der Waals surface area contributed by atoms with Crippen LogP contribution in [0.25, 0.3) is 11.0 Å². The zero-order valence-electron chi connectivity index (χ0n) is 9.87. The Kier molecular flexibility index (Phi) is 3.30. The number of nitrogens with one attached hydrogen (secondary N) is 2. The van der Waals surface area contributed by atoms with Crippen LogP contribution in [-0.2, 0) is 6.54 Å². The number of aromatic nitrogens is 4. The van der Waals surface area contributed by atoms with Crippen LogP contribution in [0.15, 0.2) is 12.3 Å². The molecule has 0 spiro atoms. The van der Waals surface area contributed by atoms with Gasteiger partial charge in [-0.2, -0.15) is 13.8 Å². The van der Waals surface area contributed by atoms with Crippen molar-refractivity contribution >= 4 is 51.7 Å². The molecule has 3 rings (SSSR count). The Labute approximate surface area is 123 Å². The quantitative estimate of drug-likeness (QED) is 0.774. The van der Waals surface area contributed by atoms with E-state index in [1.165, 1.54) is 0 Å². The first-order valence-corrected chi connectivity index (χ1v) is 6.98. The fourth-order valence-corrected chi connectivity index (χ4v) is 2.96. The maximum Gasteiger partial charge on any atom is 0.130 e. The van der Waals surface area contributed by atoms with Crippen LogP contribution in [0.5, 0.6) is 0 Å². The minimum atomic E-state index is 0.513. The van der Waals surface area contributed by atoms with Gasteiger partial charge < -0.3 is 5.32 Å². The van der Waals surface area contributed by atoms with E-state index in [1.807, 2.05) is 6.92 Å². The summed E-state index contributed by atoms with van der Waals surface area (Å²) in [5.41, 5.74) is 4.20. The first-order valence-electron chi connectivity index (χ1n) is 5.50. The van der Waals surface area contributed by atoms with Crippen LogP contribution >= 0.6 is 34.9 Å². The molecule has 0 saturated heterocycles. The Morgan fingerprint density at radius 2 is 2.05 bits per heavy atom. The van der Waals surface area contributed by atoms with Crippen LogP contribution < -0.4 is 5.32 Å². The standard InChI is InChI=1S/C11H9Cl2N5S/c1-5-6(4-15-16-5)3-14-9-7(12)2-8(13)10-11(9)18-19-17-10/h2,4,14H,3H2,1H3,(H,15,16). The number of benzene rings is 1. The second-order valence-electron chi connectivity index (χ2n) is 4.05. The lowest BCUT2D eigenvalue weighted by molar-refractivity contribution is 1.04. The first kappa shape index (κ1) is 12.7. The van der Waals surface area contributed by atoms with Crippen molar-refractivity contribution < 1.29 is 0 Å². The van der Waals surface area contributed by atoms with E-state index in [0.717, 1.165) is 28.7 Å². The van der Waals surface area contributed by atoms with E-state index in [2.05, 4.69) is 24.3 Å². The Morgan fingerprint density at radius 3 is 2.79 bits per heavy atom. The molecular formula is C11H9Cl2N5S. The molecule has 19 heavy (non-hydrogen) atoms. The topological polar surface area (TPSA) is 66.5 Å². The van der Waals surface area contributed by atoms with Gasteiger partial charge in [-0.05, 0) is 13.0 Å². The maximum atomic E-state index is 6.21. The summed E-state index contributed by atoms with van der Waals surface area (Å²) in [6.07, 6.45) is 1.78. The van der Waals surface area contributed by atoms with E-state index in [1.54, 1.807) is 12.3 Å². The second-order valence-corrected chi connectivity index (χ2v) is 5.39. The van der Waals surface area contributed by atoms with Gasteiger partial charge in [-0.3, -0.25) is 5.10 Å². The van der Waals surface area contributed by atoms with Crippen LogP contribution in [0.1, 0.15) is 11.3 Å². The van der Waals surface area contributed by atoms with E-state index in [4.69, 9.17) is 23.2 Å².